The lowest BCUT2D eigenvalue weighted by atomic mass is 9.87. The standard InChI is InChI=1S/C23H25Cl2N3O/c1-23(2,3)17-7-9-18(10-8-17)28-14-16(13-21(29)27(4)5)22(26-28)15-6-11-19(24)20(25)12-15/h6-12,14H,13H2,1-5H3. The molecule has 0 aliphatic heterocycles. The number of halogens is 2. The third-order valence-corrected chi connectivity index (χ3v) is 5.56. The number of nitrogens with zero attached hydrogens (tertiary/aromatic N) is 3. The molecule has 0 fully saturated rings. The van der Waals surface area contributed by atoms with Gasteiger partial charge in [-0.3, -0.25) is 4.79 Å². The van der Waals surface area contributed by atoms with Crippen molar-refractivity contribution in [3.8, 4) is 16.9 Å². The van der Waals surface area contributed by atoms with Crippen molar-refractivity contribution in [3.63, 3.8) is 0 Å². The summed E-state index contributed by atoms with van der Waals surface area (Å²) in [6.45, 7) is 6.55. The quantitative estimate of drug-likeness (QED) is 0.527. The number of hydrogen-bond donors (Lipinski definition) is 0. The molecule has 0 N–H and O–H groups in total. The van der Waals surface area contributed by atoms with Gasteiger partial charge in [0.05, 0.1) is 27.8 Å². The Balaban J connectivity index is 2.06. The first kappa shape index (κ1) is 21.4. The number of aromatic nitrogens is 2. The van der Waals surface area contributed by atoms with Crippen molar-refractivity contribution >= 4 is 29.1 Å². The van der Waals surface area contributed by atoms with Crippen LogP contribution in [0.15, 0.2) is 48.7 Å². The van der Waals surface area contributed by atoms with Crippen LogP contribution in [-0.2, 0) is 16.6 Å². The summed E-state index contributed by atoms with van der Waals surface area (Å²) in [7, 11) is 3.49. The average Bonchev–Trinajstić information content (AvgIpc) is 3.07. The minimum atomic E-state index is 0.00828. The van der Waals surface area contributed by atoms with Crippen LogP contribution in [0.1, 0.15) is 31.9 Å². The van der Waals surface area contributed by atoms with Crippen LogP contribution in [0.25, 0.3) is 16.9 Å². The largest absolute Gasteiger partial charge is 0.349 e. The number of likely N-dealkylation sites (N-methyl/N-ethyl adjacent to an activating group) is 1. The van der Waals surface area contributed by atoms with Crippen LogP contribution in [0.4, 0.5) is 0 Å². The molecule has 1 heterocycles. The summed E-state index contributed by atoms with van der Waals surface area (Å²) in [6, 6.07) is 13.7. The minimum absolute atomic E-state index is 0.00828. The molecular weight excluding hydrogens is 405 g/mol. The molecule has 4 nitrogen and oxygen atoms in total. The van der Waals surface area contributed by atoms with Gasteiger partial charge in [-0.15, -0.1) is 0 Å². The van der Waals surface area contributed by atoms with E-state index in [1.807, 2.05) is 29.1 Å². The summed E-state index contributed by atoms with van der Waals surface area (Å²) in [5.74, 6) is 0.00828. The van der Waals surface area contributed by atoms with Crippen LogP contribution in [0.3, 0.4) is 0 Å². The van der Waals surface area contributed by atoms with Gasteiger partial charge >= 0.3 is 0 Å². The molecule has 2 aromatic carbocycles. The first-order valence-electron chi connectivity index (χ1n) is 9.41. The van der Waals surface area contributed by atoms with E-state index >= 15 is 0 Å². The summed E-state index contributed by atoms with van der Waals surface area (Å²) in [4.78, 5) is 13.9. The van der Waals surface area contributed by atoms with E-state index in [2.05, 4.69) is 32.9 Å². The molecular formula is C23H25Cl2N3O. The Kier molecular flexibility index (Phi) is 6.06. The molecule has 3 aromatic rings. The summed E-state index contributed by atoms with van der Waals surface area (Å²) in [5, 5.41) is 5.71. The van der Waals surface area contributed by atoms with E-state index in [0.29, 0.717) is 10.0 Å². The van der Waals surface area contributed by atoms with E-state index in [4.69, 9.17) is 28.3 Å². The van der Waals surface area contributed by atoms with Gasteiger partial charge < -0.3 is 4.90 Å². The van der Waals surface area contributed by atoms with Gasteiger partial charge in [0, 0.05) is 31.4 Å². The Bertz CT molecular complexity index is 1030. The van der Waals surface area contributed by atoms with Gasteiger partial charge in [0.2, 0.25) is 5.91 Å². The third kappa shape index (κ3) is 4.82. The second-order valence-corrected chi connectivity index (χ2v) is 9.15. The molecule has 0 spiro atoms. The van der Waals surface area contributed by atoms with E-state index in [9.17, 15) is 4.79 Å². The molecule has 0 radical (unpaired) electrons. The van der Waals surface area contributed by atoms with Crippen molar-refractivity contribution in [3.05, 3.63) is 69.8 Å². The molecule has 0 unspecified atom stereocenters. The number of hydrogen-bond acceptors (Lipinski definition) is 2. The topological polar surface area (TPSA) is 38.1 Å². The van der Waals surface area contributed by atoms with Crippen molar-refractivity contribution in [1.29, 1.82) is 0 Å². The lowest BCUT2D eigenvalue weighted by Crippen LogP contribution is -2.23. The molecule has 29 heavy (non-hydrogen) atoms. The van der Waals surface area contributed by atoms with E-state index < -0.39 is 0 Å². The summed E-state index contributed by atoms with van der Waals surface area (Å²) >= 11 is 12.3. The van der Waals surface area contributed by atoms with Crippen molar-refractivity contribution in [2.24, 2.45) is 0 Å². The van der Waals surface area contributed by atoms with E-state index in [0.717, 1.165) is 22.5 Å². The van der Waals surface area contributed by atoms with Gasteiger partial charge in [-0.1, -0.05) is 62.2 Å². The van der Waals surface area contributed by atoms with Crippen LogP contribution < -0.4 is 0 Å². The Labute approximate surface area is 182 Å². The molecule has 1 amide bonds. The predicted molar refractivity (Wildman–Crippen MR) is 120 cm³/mol. The molecule has 152 valence electrons. The zero-order chi connectivity index (χ0) is 21.3. The molecule has 0 saturated heterocycles. The zero-order valence-corrected chi connectivity index (χ0v) is 18.8. The van der Waals surface area contributed by atoms with Crippen LogP contribution in [0.2, 0.25) is 10.0 Å². The molecule has 0 aliphatic carbocycles. The van der Waals surface area contributed by atoms with Gasteiger partial charge in [0.25, 0.3) is 0 Å². The maximum Gasteiger partial charge on any atom is 0.226 e. The molecule has 0 saturated carbocycles. The second kappa shape index (κ2) is 8.21. The Morgan fingerprint density at radius 1 is 1.03 bits per heavy atom. The molecule has 3 rings (SSSR count). The average molecular weight is 430 g/mol. The highest BCUT2D eigenvalue weighted by atomic mass is 35.5. The molecule has 0 aliphatic rings. The first-order valence-corrected chi connectivity index (χ1v) is 10.2. The van der Waals surface area contributed by atoms with Gasteiger partial charge in [-0.05, 0) is 35.2 Å². The van der Waals surface area contributed by atoms with Gasteiger partial charge in [0.1, 0.15) is 0 Å². The number of benzene rings is 2. The summed E-state index contributed by atoms with van der Waals surface area (Å²) in [6.07, 6.45) is 2.16. The van der Waals surface area contributed by atoms with Crippen molar-refractivity contribution < 1.29 is 4.79 Å². The van der Waals surface area contributed by atoms with E-state index in [1.165, 1.54) is 5.56 Å². The van der Waals surface area contributed by atoms with Crippen LogP contribution in [0, 0.1) is 0 Å². The summed E-state index contributed by atoms with van der Waals surface area (Å²) in [5.41, 5.74) is 4.65. The SMILES string of the molecule is CN(C)C(=O)Cc1cn(-c2ccc(C(C)(C)C)cc2)nc1-c1ccc(Cl)c(Cl)c1. The van der Waals surface area contributed by atoms with E-state index in [1.54, 1.807) is 31.1 Å². The fourth-order valence-electron chi connectivity index (χ4n) is 2.99. The Morgan fingerprint density at radius 3 is 2.24 bits per heavy atom. The maximum absolute atomic E-state index is 12.4. The molecule has 0 bridgehead atoms. The molecule has 0 atom stereocenters. The number of carbonyl (C=O) groups is 1. The third-order valence-electron chi connectivity index (χ3n) is 4.82. The molecule has 6 heteroatoms. The van der Waals surface area contributed by atoms with Gasteiger partial charge in [-0.25, -0.2) is 4.68 Å². The monoisotopic (exact) mass is 429 g/mol. The lowest BCUT2D eigenvalue weighted by molar-refractivity contribution is -0.127. The minimum Gasteiger partial charge on any atom is -0.349 e. The highest BCUT2D eigenvalue weighted by Gasteiger charge is 2.18. The zero-order valence-electron chi connectivity index (χ0n) is 17.3. The van der Waals surface area contributed by atoms with Gasteiger partial charge in [0.15, 0.2) is 0 Å². The van der Waals surface area contributed by atoms with E-state index in [-0.39, 0.29) is 17.7 Å². The molecule has 1 aromatic heterocycles. The van der Waals surface area contributed by atoms with Crippen molar-refractivity contribution in [2.45, 2.75) is 32.6 Å². The van der Waals surface area contributed by atoms with Gasteiger partial charge in [-0.2, -0.15) is 5.10 Å². The first-order chi connectivity index (χ1) is 13.6. The normalized spacial score (nSPS) is 11.6. The fraction of sp³-hybridized carbons (Fsp3) is 0.304. The predicted octanol–water partition coefficient (Wildman–Crippen LogP) is 5.77. The van der Waals surface area contributed by atoms with Crippen LogP contribution >= 0.6 is 23.2 Å². The highest BCUT2D eigenvalue weighted by molar-refractivity contribution is 6.42. The Hall–Kier alpha value is -2.30. The summed E-state index contributed by atoms with van der Waals surface area (Å²) < 4.78 is 1.81. The number of carbonyl (C=O) groups excluding carboxylic acids is 1. The van der Waals surface area contributed by atoms with Crippen LogP contribution in [-0.4, -0.2) is 34.7 Å². The Morgan fingerprint density at radius 2 is 1.69 bits per heavy atom. The number of amides is 1. The lowest BCUT2D eigenvalue weighted by Gasteiger charge is -2.19. The highest BCUT2D eigenvalue weighted by Crippen LogP contribution is 2.31. The fourth-order valence-corrected chi connectivity index (χ4v) is 3.29. The maximum atomic E-state index is 12.4. The second-order valence-electron chi connectivity index (χ2n) is 8.34. The smallest absolute Gasteiger partial charge is 0.226 e. The van der Waals surface area contributed by atoms with Crippen molar-refractivity contribution in [2.75, 3.05) is 14.1 Å². The van der Waals surface area contributed by atoms with Crippen molar-refractivity contribution in [1.82, 2.24) is 14.7 Å². The number of rotatable bonds is 4. The van der Waals surface area contributed by atoms with Crippen LogP contribution in [0.5, 0.6) is 0 Å².